The number of amides is 1. The van der Waals surface area contributed by atoms with Gasteiger partial charge in [0.05, 0.1) is 25.6 Å². The normalized spacial score (nSPS) is 10.9. The molecule has 0 aliphatic rings. The van der Waals surface area contributed by atoms with E-state index in [4.69, 9.17) is 9.47 Å². The molecule has 0 bridgehead atoms. The van der Waals surface area contributed by atoms with Gasteiger partial charge >= 0.3 is 0 Å². The molecule has 8 heteroatoms. The van der Waals surface area contributed by atoms with Gasteiger partial charge in [0.2, 0.25) is 15.9 Å². The second-order valence-corrected chi connectivity index (χ2v) is 7.86. The third kappa shape index (κ3) is 6.18. The first kappa shape index (κ1) is 20.6. The summed E-state index contributed by atoms with van der Waals surface area (Å²) in [6.45, 7) is 2.03. The molecule has 0 radical (unpaired) electrons. The van der Waals surface area contributed by atoms with Crippen LogP contribution in [-0.4, -0.2) is 47.4 Å². The molecule has 0 aliphatic carbocycles. The first-order valence-corrected chi connectivity index (χ1v) is 10.2. The maximum absolute atomic E-state index is 12.3. The maximum Gasteiger partial charge on any atom is 0.240 e. The fourth-order valence-electron chi connectivity index (χ4n) is 2.44. The number of nitrogens with zero attached hydrogens (tertiary/aromatic N) is 1. The highest BCUT2D eigenvalue weighted by atomic mass is 32.2. The predicted molar refractivity (Wildman–Crippen MR) is 105 cm³/mol. The van der Waals surface area contributed by atoms with Crippen molar-refractivity contribution in [3.63, 3.8) is 0 Å². The highest BCUT2D eigenvalue weighted by molar-refractivity contribution is 7.92. The second-order valence-electron chi connectivity index (χ2n) is 5.96. The van der Waals surface area contributed by atoms with Crippen LogP contribution in [-0.2, 0) is 14.8 Å². The van der Waals surface area contributed by atoms with E-state index in [0.717, 1.165) is 16.1 Å². The molecule has 0 spiro atoms. The summed E-state index contributed by atoms with van der Waals surface area (Å²) in [5.74, 6) is 0.654. The number of rotatable bonds is 9. The molecule has 0 aromatic heterocycles. The van der Waals surface area contributed by atoms with Crippen molar-refractivity contribution in [3.05, 3.63) is 54.1 Å². The Morgan fingerprint density at radius 3 is 2.48 bits per heavy atom. The minimum atomic E-state index is -3.67. The highest BCUT2D eigenvalue weighted by Crippen LogP contribution is 2.30. The summed E-state index contributed by atoms with van der Waals surface area (Å²) in [7, 11) is -2.22. The van der Waals surface area contributed by atoms with Gasteiger partial charge in [-0.3, -0.25) is 9.10 Å². The third-order valence-corrected chi connectivity index (χ3v) is 4.85. The summed E-state index contributed by atoms with van der Waals surface area (Å²) >= 11 is 0. The number of nitrogens with one attached hydrogen (secondary N) is 1. The summed E-state index contributed by atoms with van der Waals surface area (Å²) in [4.78, 5) is 12.3. The van der Waals surface area contributed by atoms with Crippen LogP contribution in [0.3, 0.4) is 0 Å². The van der Waals surface area contributed by atoms with Gasteiger partial charge in [0, 0.05) is 0 Å². The molecule has 2 aromatic rings. The monoisotopic (exact) mass is 392 g/mol. The summed E-state index contributed by atoms with van der Waals surface area (Å²) in [6, 6.07) is 14.4. The van der Waals surface area contributed by atoms with Crippen molar-refractivity contribution in [3.8, 4) is 11.5 Å². The number of hydrogen-bond acceptors (Lipinski definition) is 5. The van der Waals surface area contributed by atoms with Crippen LogP contribution < -0.4 is 19.1 Å². The SMILES string of the molecule is COc1ccc(C)cc1N(CC(=O)NCCOc1ccccc1)S(C)(=O)=O. The molecule has 0 saturated carbocycles. The van der Waals surface area contributed by atoms with Gasteiger partial charge in [-0.1, -0.05) is 24.3 Å². The van der Waals surface area contributed by atoms with Gasteiger partial charge < -0.3 is 14.8 Å². The van der Waals surface area contributed by atoms with Crippen LogP contribution in [0.25, 0.3) is 0 Å². The molecule has 2 rings (SSSR count). The van der Waals surface area contributed by atoms with Crippen LogP contribution in [0.5, 0.6) is 11.5 Å². The lowest BCUT2D eigenvalue weighted by Gasteiger charge is -2.24. The molecule has 0 aliphatic heterocycles. The number of carbonyl (C=O) groups is 1. The van der Waals surface area contributed by atoms with Crippen molar-refractivity contribution in [2.75, 3.05) is 37.4 Å². The van der Waals surface area contributed by atoms with Gasteiger partial charge in [0.25, 0.3) is 0 Å². The number of carbonyl (C=O) groups excluding carboxylic acids is 1. The Labute approximate surface area is 160 Å². The summed E-state index contributed by atoms with van der Waals surface area (Å²) in [5.41, 5.74) is 1.19. The minimum absolute atomic E-state index is 0.260. The number of aryl methyl sites for hydroxylation is 1. The molecule has 7 nitrogen and oxygen atoms in total. The number of ether oxygens (including phenoxy) is 2. The number of hydrogen-bond donors (Lipinski definition) is 1. The van der Waals surface area contributed by atoms with E-state index in [1.165, 1.54) is 7.11 Å². The van der Waals surface area contributed by atoms with E-state index >= 15 is 0 Å². The van der Waals surface area contributed by atoms with Crippen LogP contribution >= 0.6 is 0 Å². The molecule has 1 N–H and O–H groups in total. The van der Waals surface area contributed by atoms with Gasteiger partial charge in [-0.25, -0.2) is 8.42 Å². The van der Waals surface area contributed by atoms with Crippen LogP contribution in [0.2, 0.25) is 0 Å². The number of methoxy groups -OCH3 is 1. The largest absolute Gasteiger partial charge is 0.495 e. The smallest absolute Gasteiger partial charge is 0.240 e. The van der Waals surface area contributed by atoms with E-state index in [-0.39, 0.29) is 19.7 Å². The third-order valence-electron chi connectivity index (χ3n) is 3.73. The molecular formula is C19H24N2O5S. The molecule has 1 amide bonds. The first-order valence-electron chi connectivity index (χ1n) is 8.38. The standard InChI is InChI=1S/C19H24N2O5S/c1-15-9-10-18(25-2)17(13-15)21(27(3,23)24)14-19(22)20-11-12-26-16-7-5-4-6-8-16/h4-10,13H,11-12,14H2,1-3H3,(H,20,22). The quantitative estimate of drug-likeness (QED) is 0.660. The minimum Gasteiger partial charge on any atom is -0.495 e. The van der Waals surface area contributed by atoms with Crippen molar-refractivity contribution in [1.82, 2.24) is 5.32 Å². The molecule has 0 fully saturated rings. The zero-order chi connectivity index (χ0) is 19.9. The Kier molecular flexibility index (Phi) is 7.06. The average molecular weight is 392 g/mol. The van der Waals surface area contributed by atoms with Gasteiger partial charge in [0.1, 0.15) is 24.7 Å². The molecular weight excluding hydrogens is 368 g/mol. The molecule has 0 unspecified atom stereocenters. The Hall–Kier alpha value is -2.74. The lowest BCUT2D eigenvalue weighted by atomic mass is 10.2. The predicted octanol–water partition coefficient (Wildman–Crippen LogP) is 1.96. The van der Waals surface area contributed by atoms with Gasteiger partial charge in [-0.05, 0) is 36.8 Å². The van der Waals surface area contributed by atoms with Gasteiger partial charge in [-0.2, -0.15) is 0 Å². The molecule has 0 atom stereocenters. The van der Waals surface area contributed by atoms with Crippen LogP contribution in [0.1, 0.15) is 5.56 Å². The van der Waals surface area contributed by atoms with E-state index < -0.39 is 15.9 Å². The second kappa shape index (κ2) is 9.27. The van der Waals surface area contributed by atoms with Crippen LogP contribution in [0, 0.1) is 6.92 Å². The van der Waals surface area contributed by atoms with E-state index in [1.54, 1.807) is 12.1 Å². The summed E-state index contributed by atoms with van der Waals surface area (Å²) in [6.07, 6.45) is 1.06. The fourth-order valence-corrected chi connectivity index (χ4v) is 3.29. The Balaban J connectivity index is 2.00. The summed E-state index contributed by atoms with van der Waals surface area (Å²) in [5, 5.41) is 2.67. The van der Waals surface area contributed by atoms with Crippen LogP contribution in [0.4, 0.5) is 5.69 Å². The number of anilines is 1. The number of benzene rings is 2. The van der Waals surface area contributed by atoms with E-state index in [0.29, 0.717) is 17.2 Å². The molecule has 0 saturated heterocycles. The zero-order valence-corrected chi connectivity index (χ0v) is 16.5. The van der Waals surface area contributed by atoms with Crippen molar-refractivity contribution in [1.29, 1.82) is 0 Å². The fraction of sp³-hybridized carbons (Fsp3) is 0.316. The van der Waals surface area contributed by atoms with Crippen molar-refractivity contribution in [2.45, 2.75) is 6.92 Å². The number of para-hydroxylation sites is 1. The first-order chi connectivity index (χ1) is 12.8. The van der Waals surface area contributed by atoms with E-state index in [2.05, 4.69) is 5.32 Å². The Bertz CT molecular complexity index is 869. The van der Waals surface area contributed by atoms with Crippen LogP contribution in [0.15, 0.2) is 48.5 Å². The van der Waals surface area contributed by atoms with Gasteiger partial charge in [-0.15, -0.1) is 0 Å². The lowest BCUT2D eigenvalue weighted by molar-refractivity contribution is -0.119. The van der Waals surface area contributed by atoms with Crippen molar-refractivity contribution >= 4 is 21.6 Å². The van der Waals surface area contributed by atoms with Gasteiger partial charge in [0.15, 0.2) is 0 Å². The maximum atomic E-state index is 12.3. The molecule has 27 heavy (non-hydrogen) atoms. The molecule has 0 heterocycles. The van der Waals surface area contributed by atoms with E-state index in [1.807, 2.05) is 43.3 Å². The highest BCUT2D eigenvalue weighted by Gasteiger charge is 2.24. The van der Waals surface area contributed by atoms with E-state index in [9.17, 15) is 13.2 Å². The zero-order valence-electron chi connectivity index (χ0n) is 15.6. The van der Waals surface area contributed by atoms with Crippen molar-refractivity contribution < 1.29 is 22.7 Å². The average Bonchev–Trinajstić information content (AvgIpc) is 2.63. The summed E-state index contributed by atoms with van der Waals surface area (Å²) < 4.78 is 36.2. The topological polar surface area (TPSA) is 84.9 Å². The lowest BCUT2D eigenvalue weighted by Crippen LogP contribution is -2.41. The Morgan fingerprint density at radius 2 is 1.85 bits per heavy atom. The number of sulfonamides is 1. The Morgan fingerprint density at radius 1 is 1.15 bits per heavy atom. The molecule has 146 valence electrons. The molecule has 2 aromatic carbocycles. The van der Waals surface area contributed by atoms with Crippen molar-refractivity contribution in [2.24, 2.45) is 0 Å².